The molecule has 0 saturated heterocycles. The van der Waals surface area contributed by atoms with Crippen molar-refractivity contribution in [2.75, 3.05) is 0 Å². The van der Waals surface area contributed by atoms with Crippen molar-refractivity contribution in [1.82, 2.24) is 0 Å². The molecular formula is C12H12O12Y2. The predicted octanol–water partition coefficient (Wildman–Crippen LogP) is -8.21. The number of hydrogen-bond donors (Lipinski definition) is 0. The summed E-state index contributed by atoms with van der Waals surface area (Å²) in [4.78, 5) is 57.0. The molecule has 0 aromatic rings. The zero-order valence-electron chi connectivity index (χ0n) is 13.3. The third kappa shape index (κ3) is 56.8. The van der Waals surface area contributed by atoms with Gasteiger partial charge in [-0.3, -0.25) is 0 Å². The van der Waals surface area contributed by atoms with E-state index >= 15 is 0 Å². The van der Waals surface area contributed by atoms with Gasteiger partial charge in [-0.1, -0.05) is 0 Å². The van der Waals surface area contributed by atoms with Gasteiger partial charge >= 0.3 is 65.4 Å². The summed E-state index contributed by atoms with van der Waals surface area (Å²) in [5.41, 5.74) is 0. The second kappa shape index (κ2) is 24.0. The first-order valence-electron chi connectivity index (χ1n) is 6.07. The number of hydrogen-bond acceptors (Lipinski definition) is 12. The summed E-state index contributed by atoms with van der Waals surface area (Å²) >= 11 is 0. The minimum atomic E-state index is -1.37. The Bertz CT molecular complexity index is 355. The fraction of sp³-hybridized carbons (Fsp3) is 0.500. The maximum atomic E-state index is 9.50. The van der Waals surface area contributed by atoms with Crippen molar-refractivity contribution in [3.63, 3.8) is 0 Å². The summed E-state index contributed by atoms with van der Waals surface area (Å²) in [6, 6.07) is 0. The molecule has 0 aromatic carbocycles. The Labute approximate surface area is 197 Å². The average Bonchev–Trinajstić information content (AvgIpc) is 2.42. The van der Waals surface area contributed by atoms with Crippen LogP contribution in [0.15, 0.2) is 0 Å². The zero-order chi connectivity index (χ0) is 19.7. The summed E-state index contributed by atoms with van der Waals surface area (Å²) in [6.45, 7) is 0. The predicted molar refractivity (Wildman–Crippen MR) is 57.7 cm³/mol. The first-order chi connectivity index (χ1) is 10.9. The van der Waals surface area contributed by atoms with Gasteiger partial charge in [-0.05, 0) is 38.5 Å². The molecule has 0 aliphatic heterocycles. The maximum absolute atomic E-state index is 9.50. The van der Waals surface area contributed by atoms with E-state index in [1.54, 1.807) is 0 Å². The summed E-state index contributed by atoms with van der Waals surface area (Å²) in [5, 5.41) is 57.0. The number of rotatable bonds is 9. The van der Waals surface area contributed by atoms with Gasteiger partial charge in [-0.2, -0.15) is 0 Å². The third-order valence-electron chi connectivity index (χ3n) is 1.60. The normalized spacial score (nSPS) is 7.85. The first kappa shape index (κ1) is 36.0. The van der Waals surface area contributed by atoms with Crippen LogP contribution < -0.4 is 30.6 Å². The maximum Gasteiger partial charge on any atom is 3.00 e. The largest absolute Gasteiger partial charge is 3.00 e. The number of carboxylic acids is 6. The Morgan fingerprint density at radius 1 is 0.346 bits per heavy atom. The molecule has 0 heterocycles. The molecule has 0 N–H and O–H groups in total. The molecule has 0 unspecified atom stereocenters. The molecule has 0 aliphatic carbocycles. The Balaban J connectivity index is -0.0000000817. The number of carboxylic acid groups (broad SMARTS) is 6. The zero-order valence-corrected chi connectivity index (χ0v) is 19.0. The summed E-state index contributed by atoms with van der Waals surface area (Å²) in [7, 11) is 0. The summed E-state index contributed by atoms with van der Waals surface area (Å²) in [6.07, 6.45) is -2.82. The molecule has 0 rings (SSSR count). The van der Waals surface area contributed by atoms with E-state index < -0.39 is 74.3 Å². The van der Waals surface area contributed by atoms with Crippen LogP contribution in [0.3, 0.4) is 0 Å². The Kier molecular flexibility index (Phi) is 33.3. The van der Waals surface area contributed by atoms with Crippen LogP contribution in [-0.2, 0) is 94.2 Å². The fourth-order valence-electron chi connectivity index (χ4n) is 0.612. The van der Waals surface area contributed by atoms with Gasteiger partial charge in [0.1, 0.15) is 0 Å². The van der Waals surface area contributed by atoms with E-state index in [1.165, 1.54) is 0 Å². The third-order valence-corrected chi connectivity index (χ3v) is 1.60. The van der Waals surface area contributed by atoms with Gasteiger partial charge in [0.15, 0.2) is 0 Å². The van der Waals surface area contributed by atoms with E-state index in [4.69, 9.17) is 0 Å². The molecule has 0 bridgehead atoms. The molecule has 0 aromatic heterocycles. The molecule has 0 radical (unpaired) electrons. The minimum Gasteiger partial charge on any atom is -0.550 e. The monoisotopic (exact) mass is 526 g/mol. The second-order valence-corrected chi connectivity index (χ2v) is 3.73. The van der Waals surface area contributed by atoms with Crippen LogP contribution in [0.25, 0.3) is 0 Å². The SMILES string of the molecule is O=C([O-])CCC(=O)[O-].O=C([O-])CCC(=O)[O-].O=C([O-])CCC(=O)[O-].[Y+3].[Y+3]. The van der Waals surface area contributed by atoms with Gasteiger partial charge in [-0.25, -0.2) is 0 Å². The molecular weight excluding hydrogens is 514 g/mol. The van der Waals surface area contributed by atoms with Crippen molar-refractivity contribution < 1.29 is 125 Å². The minimum absolute atomic E-state index is 0. The van der Waals surface area contributed by atoms with Crippen LogP contribution in [0.5, 0.6) is 0 Å². The van der Waals surface area contributed by atoms with Gasteiger partial charge in [0.25, 0.3) is 0 Å². The molecule has 0 atom stereocenters. The van der Waals surface area contributed by atoms with Crippen molar-refractivity contribution in [2.45, 2.75) is 38.5 Å². The molecule has 12 nitrogen and oxygen atoms in total. The van der Waals surface area contributed by atoms with Crippen LogP contribution in [0.2, 0.25) is 0 Å². The van der Waals surface area contributed by atoms with E-state index in [2.05, 4.69) is 0 Å². The van der Waals surface area contributed by atoms with Crippen LogP contribution in [0, 0.1) is 0 Å². The van der Waals surface area contributed by atoms with Gasteiger partial charge in [0.05, 0.1) is 0 Å². The average molecular weight is 526 g/mol. The standard InChI is InChI=1S/3C4H6O4.2Y/c3*5-3(6)1-2-4(7)8;;/h3*1-2H2,(H,5,6)(H,7,8);;/q;;;2*+3/p-6. The molecule has 138 valence electrons. The molecule has 0 amide bonds. The molecule has 14 heteroatoms. The van der Waals surface area contributed by atoms with Gasteiger partial charge < -0.3 is 59.4 Å². The Hall–Kier alpha value is -0.972. The van der Waals surface area contributed by atoms with Crippen molar-refractivity contribution in [3.8, 4) is 0 Å². The van der Waals surface area contributed by atoms with Crippen molar-refractivity contribution in [2.24, 2.45) is 0 Å². The van der Waals surface area contributed by atoms with Crippen molar-refractivity contribution in [3.05, 3.63) is 0 Å². The summed E-state index contributed by atoms with van der Waals surface area (Å²) in [5.74, 6) is -8.20. The number of carbonyl (C=O) groups excluding carboxylic acids is 6. The number of carbonyl (C=O) groups is 6. The smallest absolute Gasteiger partial charge is 0.550 e. The topological polar surface area (TPSA) is 241 Å². The molecule has 0 fully saturated rings. The number of aliphatic carboxylic acids is 6. The van der Waals surface area contributed by atoms with Gasteiger partial charge in [0.2, 0.25) is 0 Å². The van der Waals surface area contributed by atoms with Crippen LogP contribution in [0.4, 0.5) is 0 Å². The van der Waals surface area contributed by atoms with Gasteiger partial charge in [-0.15, -0.1) is 0 Å². The van der Waals surface area contributed by atoms with Gasteiger partial charge in [0, 0.05) is 35.8 Å². The Morgan fingerprint density at radius 3 is 0.462 bits per heavy atom. The molecule has 0 saturated carbocycles. The van der Waals surface area contributed by atoms with Crippen LogP contribution >= 0.6 is 0 Å². The molecule has 0 aliphatic rings. The van der Waals surface area contributed by atoms with Crippen molar-refractivity contribution in [1.29, 1.82) is 0 Å². The van der Waals surface area contributed by atoms with Crippen LogP contribution in [0.1, 0.15) is 38.5 Å². The van der Waals surface area contributed by atoms with E-state index in [0.717, 1.165) is 0 Å². The quantitative estimate of drug-likeness (QED) is 0.272. The second-order valence-electron chi connectivity index (χ2n) is 3.73. The van der Waals surface area contributed by atoms with E-state index in [-0.39, 0.29) is 65.4 Å². The summed E-state index contributed by atoms with van der Waals surface area (Å²) < 4.78 is 0. The molecule has 26 heavy (non-hydrogen) atoms. The van der Waals surface area contributed by atoms with E-state index in [0.29, 0.717) is 0 Å². The fourth-order valence-corrected chi connectivity index (χ4v) is 0.612. The first-order valence-corrected chi connectivity index (χ1v) is 6.07. The van der Waals surface area contributed by atoms with Crippen molar-refractivity contribution >= 4 is 35.8 Å². The van der Waals surface area contributed by atoms with E-state index in [1.807, 2.05) is 0 Å². The van der Waals surface area contributed by atoms with Crippen LogP contribution in [-0.4, -0.2) is 35.8 Å². The molecule has 0 spiro atoms. The Morgan fingerprint density at radius 2 is 0.423 bits per heavy atom. The van der Waals surface area contributed by atoms with E-state index in [9.17, 15) is 59.4 Å².